The molecule has 0 radical (unpaired) electrons. The van der Waals surface area contributed by atoms with Gasteiger partial charge < -0.3 is 15.3 Å². The van der Waals surface area contributed by atoms with Crippen LogP contribution in [0, 0.1) is 46.8 Å². The Labute approximate surface area is 177 Å². The van der Waals surface area contributed by atoms with E-state index in [1.54, 1.807) is 0 Å². The van der Waals surface area contributed by atoms with Crippen LogP contribution in [-0.4, -0.2) is 33.5 Å². The van der Waals surface area contributed by atoms with Crippen LogP contribution < -0.4 is 0 Å². The van der Waals surface area contributed by atoms with Gasteiger partial charge in [-0.15, -0.1) is 0 Å². The van der Waals surface area contributed by atoms with Crippen molar-refractivity contribution in [3.63, 3.8) is 0 Å². The molecule has 4 unspecified atom stereocenters. The summed E-state index contributed by atoms with van der Waals surface area (Å²) in [5.41, 5.74) is 0.242. The van der Waals surface area contributed by atoms with Gasteiger partial charge in [0.1, 0.15) is 0 Å². The van der Waals surface area contributed by atoms with Crippen LogP contribution in [0.3, 0.4) is 0 Å². The summed E-state index contributed by atoms with van der Waals surface area (Å²) in [7, 11) is 0. The van der Waals surface area contributed by atoms with Crippen molar-refractivity contribution in [1.29, 1.82) is 0 Å². The molecule has 0 aromatic rings. The number of carboxylic acid groups (broad SMARTS) is 1. The number of aliphatic carboxylic acids is 1. The van der Waals surface area contributed by atoms with Crippen molar-refractivity contribution >= 4 is 5.97 Å². The Bertz CT molecular complexity index is 563. The molecule has 0 heterocycles. The molecule has 4 nitrogen and oxygen atoms in total. The fraction of sp³-hybridized carbons (Fsp3) is 0.960. The van der Waals surface area contributed by atoms with E-state index in [0.717, 1.165) is 32.1 Å². The van der Waals surface area contributed by atoms with Crippen LogP contribution in [0.25, 0.3) is 0 Å². The molecule has 10 atom stereocenters. The average molecular weight is 409 g/mol. The van der Waals surface area contributed by atoms with Gasteiger partial charge in [0.15, 0.2) is 0 Å². The molecule has 0 aliphatic heterocycles. The Balaban J connectivity index is 1.81. The van der Waals surface area contributed by atoms with E-state index in [-0.39, 0.29) is 30.0 Å². The van der Waals surface area contributed by atoms with Crippen molar-refractivity contribution in [2.45, 2.75) is 104 Å². The Morgan fingerprint density at radius 1 is 1.07 bits per heavy atom. The Hall–Kier alpha value is -0.610. The maximum absolute atomic E-state index is 11.3. The number of hydrogen-bond donors (Lipinski definition) is 3. The number of hydrogen-bond acceptors (Lipinski definition) is 3. The first-order valence-corrected chi connectivity index (χ1v) is 12.2. The van der Waals surface area contributed by atoms with Crippen LogP contribution in [0.2, 0.25) is 0 Å². The van der Waals surface area contributed by atoms with Gasteiger partial charge in [-0.25, -0.2) is 0 Å². The molecule has 168 valence electrons. The molecule has 3 rings (SSSR count). The van der Waals surface area contributed by atoms with Crippen LogP contribution in [0.4, 0.5) is 0 Å². The third-order valence-corrected chi connectivity index (χ3v) is 9.73. The van der Waals surface area contributed by atoms with Gasteiger partial charge >= 0.3 is 5.97 Å². The summed E-state index contributed by atoms with van der Waals surface area (Å²) >= 11 is 0. The summed E-state index contributed by atoms with van der Waals surface area (Å²) in [6.45, 7) is 9.26. The monoisotopic (exact) mass is 408 g/mol. The van der Waals surface area contributed by atoms with E-state index in [9.17, 15) is 15.0 Å². The average Bonchev–Trinajstić information content (AvgIpc) is 2.71. The smallest absolute Gasteiger partial charge is 0.303 e. The van der Waals surface area contributed by atoms with Crippen molar-refractivity contribution < 1.29 is 20.1 Å². The molecule has 0 aromatic carbocycles. The summed E-state index contributed by atoms with van der Waals surface area (Å²) in [6, 6.07) is 0. The molecule has 3 aliphatic carbocycles. The van der Waals surface area contributed by atoms with E-state index in [2.05, 4.69) is 27.7 Å². The number of aliphatic hydroxyl groups is 2. The minimum Gasteiger partial charge on any atom is -0.481 e. The highest BCUT2D eigenvalue weighted by Gasteiger charge is 2.52. The lowest BCUT2D eigenvalue weighted by atomic mass is 9.49. The van der Waals surface area contributed by atoms with Gasteiger partial charge in [-0.2, -0.15) is 0 Å². The largest absolute Gasteiger partial charge is 0.481 e. The lowest BCUT2D eigenvalue weighted by Gasteiger charge is -2.56. The molecule has 3 N–H and O–H groups in total. The topological polar surface area (TPSA) is 77.8 Å². The number of aliphatic hydroxyl groups excluding tert-OH is 2. The van der Waals surface area contributed by atoms with Crippen molar-refractivity contribution in [3.05, 3.63) is 0 Å². The number of fused-ring (bicyclic) bond motifs is 3. The molecule has 4 heteroatoms. The zero-order chi connectivity index (χ0) is 21.3. The van der Waals surface area contributed by atoms with Crippen LogP contribution in [0.1, 0.15) is 91.9 Å². The molecule has 29 heavy (non-hydrogen) atoms. The molecule has 3 saturated carbocycles. The predicted molar refractivity (Wildman–Crippen MR) is 115 cm³/mol. The van der Waals surface area contributed by atoms with Crippen LogP contribution in [0.15, 0.2) is 0 Å². The predicted octanol–water partition coefficient (Wildman–Crippen LogP) is 5.11. The highest BCUT2D eigenvalue weighted by Crippen LogP contribution is 2.59. The van der Waals surface area contributed by atoms with E-state index in [1.165, 1.54) is 19.3 Å². The lowest BCUT2D eigenvalue weighted by molar-refractivity contribution is -0.137. The SMILES string of the molecule is CC1CC[C@H](C(C)CCC(=O)O)[C@@H](C)[C@@H](O)CC2C1CC[C@@H]1C[C@H](O)CC[C@]21C. The summed E-state index contributed by atoms with van der Waals surface area (Å²) in [5.74, 6) is 2.66. The second-order valence-corrected chi connectivity index (χ2v) is 11.3. The van der Waals surface area contributed by atoms with Gasteiger partial charge in [0, 0.05) is 6.42 Å². The minimum atomic E-state index is -0.717. The number of carbonyl (C=O) groups is 1. The third-order valence-electron chi connectivity index (χ3n) is 9.73. The zero-order valence-corrected chi connectivity index (χ0v) is 19.0. The first kappa shape index (κ1) is 23.1. The van der Waals surface area contributed by atoms with Crippen molar-refractivity contribution in [2.75, 3.05) is 0 Å². The molecular weight excluding hydrogens is 364 g/mol. The van der Waals surface area contributed by atoms with E-state index < -0.39 is 5.97 Å². The Kier molecular flexibility index (Phi) is 7.36. The van der Waals surface area contributed by atoms with E-state index in [4.69, 9.17) is 5.11 Å². The molecule has 0 aromatic heterocycles. The molecule has 0 bridgehead atoms. The Morgan fingerprint density at radius 3 is 2.48 bits per heavy atom. The molecule has 0 amide bonds. The highest BCUT2D eigenvalue weighted by atomic mass is 16.4. The van der Waals surface area contributed by atoms with Gasteiger partial charge in [-0.1, -0.05) is 34.1 Å². The molecule has 3 fully saturated rings. The van der Waals surface area contributed by atoms with Crippen molar-refractivity contribution in [2.24, 2.45) is 46.8 Å². The summed E-state index contributed by atoms with van der Waals surface area (Å²) in [5, 5.41) is 30.7. The van der Waals surface area contributed by atoms with Crippen LogP contribution in [-0.2, 0) is 4.79 Å². The summed E-state index contributed by atoms with van der Waals surface area (Å²) in [6.07, 6.45) is 9.04. The first-order chi connectivity index (χ1) is 13.6. The van der Waals surface area contributed by atoms with Crippen molar-refractivity contribution in [1.82, 2.24) is 0 Å². The minimum absolute atomic E-state index is 0.137. The standard InChI is InChI=1S/C25H44O4/c1-15(6-10-24(28)29)20-8-5-16(2)21-9-7-18-13-19(26)11-12-25(18,4)22(21)14-23(27)17(20)3/h15-23,26-27H,5-14H2,1-4H3,(H,28,29)/t15?,16?,17-,18-,19-,20-,21?,22?,23+,25+/m1/s1. The quantitative estimate of drug-likeness (QED) is 0.604. The van der Waals surface area contributed by atoms with Gasteiger partial charge in [0.25, 0.3) is 0 Å². The fourth-order valence-corrected chi connectivity index (χ4v) is 7.60. The fourth-order valence-electron chi connectivity index (χ4n) is 7.60. The molecule has 0 spiro atoms. The van der Waals surface area contributed by atoms with Crippen LogP contribution >= 0.6 is 0 Å². The second-order valence-electron chi connectivity index (χ2n) is 11.3. The summed E-state index contributed by atoms with van der Waals surface area (Å²) in [4.78, 5) is 11.1. The third kappa shape index (κ3) is 4.84. The van der Waals surface area contributed by atoms with Gasteiger partial charge in [-0.3, -0.25) is 4.79 Å². The number of rotatable bonds is 4. The maximum Gasteiger partial charge on any atom is 0.303 e. The first-order valence-electron chi connectivity index (χ1n) is 12.2. The second kappa shape index (κ2) is 9.26. The van der Waals surface area contributed by atoms with Crippen LogP contribution in [0.5, 0.6) is 0 Å². The maximum atomic E-state index is 11.3. The number of carboxylic acids is 1. The highest BCUT2D eigenvalue weighted by molar-refractivity contribution is 5.66. The normalized spacial score (nSPS) is 47.1. The molecule has 0 saturated heterocycles. The van der Waals surface area contributed by atoms with Gasteiger partial charge in [0.05, 0.1) is 12.2 Å². The van der Waals surface area contributed by atoms with Gasteiger partial charge in [0.2, 0.25) is 0 Å². The van der Waals surface area contributed by atoms with E-state index in [0.29, 0.717) is 41.9 Å². The van der Waals surface area contributed by atoms with E-state index in [1.807, 2.05) is 0 Å². The lowest BCUT2D eigenvalue weighted by Crippen LogP contribution is -2.50. The molecule has 3 aliphatic rings. The Morgan fingerprint density at radius 2 is 1.79 bits per heavy atom. The van der Waals surface area contributed by atoms with E-state index >= 15 is 0 Å². The molecular formula is C25H44O4. The summed E-state index contributed by atoms with van der Waals surface area (Å²) < 4.78 is 0. The van der Waals surface area contributed by atoms with Crippen molar-refractivity contribution in [3.8, 4) is 0 Å². The zero-order valence-electron chi connectivity index (χ0n) is 19.0. The van der Waals surface area contributed by atoms with Gasteiger partial charge in [-0.05, 0) is 98.2 Å².